The third-order valence-corrected chi connectivity index (χ3v) is 2.85. The maximum atomic E-state index is 9.93. The molecule has 1 atom stereocenters. The molecule has 0 aliphatic rings. The molecule has 1 aromatic carbocycles. The van der Waals surface area contributed by atoms with Crippen molar-refractivity contribution < 1.29 is 5.11 Å². The second-order valence-corrected chi connectivity index (χ2v) is 4.00. The summed E-state index contributed by atoms with van der Waals surface area (Å²) in [6, 6.07) is 6.06. The Morgan fingerprint density at radius 2 is 1.86 bits per heavy atom. The molecule has 78 valence electrons. The topological polar surface area (TPSA) is 20.2 Å². The first-order valence-corrected chi connectivity index (χ1v) is 5.48. The molecule has 0 bridgehead atoms. The first-order valence-electron chi connectivity index (χ1n) is 5.48. The Labute approximate surface area is 86.8 Å². The Kier molecular flexibility index (Phi) is 3.99. The molecule has 0 spiro atoms. The average molecular weight is 192 g/mol. The third-order valence-electron chi connectivity index (χ3n) is 2.85. The molecule has 0 saturated carbocycles. The van der Waals surface area contributed by atoms with Crippen molar-refractivity contribution in [3.05, 3.63) is 29.3 Å². The molecule has 0 radical (unpaired) electrons. The number of aromatic hydroxyl groups is 1. The summed E-state index contributed by atoms with van der Waals surface area (Å²) in [7, 11) is 0. The highest BCUT2D eigenvalue weighted by atomic mass is 16.3. The molecule has 1 unspecified atom stereocenters. The molecule has 1 nitrogen and oxygen atoms in total. The quantitative estimate of drug-likeness (QED) is 0.773. The van der Waals surface area contributed by atoms with Crippen LogP contribution in [0.2, 0.25) is 0 Å². The standard InChI is InChI=1S/C13H20O/c1-4-10(3)9-12-8-6-7-11(5-2)13(12)14/h6-8,10,14H,4-5,9H2,1-3H3. The highest BCUT2D eigenvalue weighted by Gasteiger charge is 2.08. The number of hydrogen-bond acceptors (Lipinski definition) is 1. The average Bonchev–Trinajstić information content (AvgIpc) is 2.21. The highest BCUT2D eigenvalue weighted by Crippen LogP contribution is 2.25. The lowest BCUT2D eigenvalue weighted by Gasteiger charge is -2.12. The van der Waals surface area contributed by atoms with Crippen molar-refractivity contribution in [3.63, 3.8) is 0 Å². The monoisotopic (exact) mass is 192 g/mol. The summed E-state index contributed by atoms with van der Waals surface area (Å²) in [5.74, 6) is 1.16. The fourth-order valence-electron chi connectivity index (χ4n) is 1.61. The van der Waals surface area contributed by atoms with Gasteiger partial charge in [-0.15, -0.1) is 0 Å². The minimum atomic E-state index is 0.510. The Bertz CT molecular complexity index is 291. The number of phenols is 1. The zero-order valence-corrected chi connectivity index (χ0v) is 9.38. The molecule has 0 aromatic heterocycles. The SMILES string of the molecule is CCc1cccc(CC(C)CC)c1O. The minimum Gasteiger partial charge on any atom is -0.507 e. The van der Waals surface area contributed by atoms with Gasteiger partial charge in [0, 0.05) is 0 Å². The second kappa shape index (κ2) is 5.04. The summed E-state index contributed by atoms with van der Waals surface area (Å²) in [5.41, 5.74) is 2.16. The fraction of sp³-hybridized carbons (Fsp3) is 0.538. The largest absolute Gasteiger partial charge is 0.507 e. The van der Waals surface area contributed by atoms with Crippen LogP contribution < -0.4 is 0 Å². The first-order chi connectivity index (χ1) is 6.69. The van der Waals surface area contributed by atoms with E-state index in [2.05, 4.69) is 20.8 Å². The van der Waals surface area contributed by atoms with Crippen LogP contribution in [0, 0.1) is 5.92 Å². The predicted molar refractivity (Wildman–Crippen MR) is 60.6 cm³/mol. The summed E-state index contributed by atoms with van der Waals surface area (Å²) in [4.78, 5) is 0. The van der Waals surface area contributed by atoms with Crippen molar-refractivity contribution in [2.45, 2.75) is 40.0 Å². The van der Waals surface area contributed by atoms with Crippen LogP contribution in [0.25, 0.3) is 0 Å². The molecule has 1 N–H and O–H groups in total. The first kappa shape index (κ1) is 11.1. The van der Waals surface area contributed by atoms with E-state index in [1.807, 2.05) is 18.2 Å². The summed E-state index contributed by atoms with van der Waals surface area (Å²) in [5, 5.41) is 9.93. The van der Waals surface area contributed by atoms with E-state index in [-0.39, 0.29) is 0 Å². The van der Waals surface area contributed by atoms with Gasteiger partial charge < -0.3 is 5.11 Å². The molecule has 1 heteroatoms. The third kappa shape index (κ3) is 2.50. The van der Waals surface area contributed by atoms with Crippen molar-refractivity contribution in [1.29, 1.82) is 0 Å². The Morgan fingerprint density at radius 1 is 1.21 bits per heavy atom. The van der Waals surface area contributed by atoms with Crippen molar-refractivity contribution in [3.8, 4) is 5.75 Å². The number of benzene rings is 1. The molecule has 0 saturated heterocycles. The maximum Gasteiger partial charge on any atom is 0.121 e. The molecule has 0 aliphatic heterocycles. The summed E-state index contributed by atoms with van der Waals surface area (Å²) in [6.07, 6.45) is 3.05. The van der Waals surface area contributed by atoms with Crippen molar-refractivity contribution in [1.82, 2.24) is 0 Å². The molecular formula is C13H20O. The van der Waals surface area contributed by atoms with E-state index >= 15 is 0 Å². The zero-order chi connectivity index (χ0) is 10.6. The number of para-hydroxylation sites is 1. The van der Waals surface area contributed by atoms with Crippen molar-refractivity contribution in [2.24, 2.45) is 5.92 Å². The Hall–Kier alpha value is -0.980. The number of hydrogen-bond donors (Lipinski definition) is 1. The molecule has 0 fully saturated rings. The van der Waals surface area contributed by atoms with Crippen LogP contribution >= 0.6 is 0 Å². The normalized spacial score (nSPS) is 12.8. The van der Waals surface area contributed by atoms with Crippen LogP contribution in [0.1, 0.15) is 38.3 Å². The van der Waals surface area contributed by atoms with Gasteiger partial charge >= 0.3 is 0 Å². The summed E-state index contributed by atoms with van der Waals surface area (Å²) >= 11 is 0. The van der Waals surface area contributed by atoms with Gasteiger partial charge in [0.1, 0.15) is 5.75 Å². The fourth-order valence-corrected chi connectivity index (χ4v) is 1.61. The van der Waals surface area contributed by atoms with Gasteiger partial charge in [0.25, 0.3) is 0 Å². The molecule has 1 aromatic rings. The molecule has 0 aliphatic carbocycles. The van der Waals surface area contributed by atoms with E-state index < -0.39 is 0 Å². The lowest BCUT2D eigenvalue weighted by atomic mass is 9.96. The van der Waals surface area contributed by atoms with Crippen molar-refractivity contribution >= 4 is 0 Å². The van der Waals surface area contributed by atoms with Crippen LogP contribution in [0.5, 0.6) is 5.75 Å². The minimum absolute atomic E-state index is 0.510. The van der Waals surface area contributed by atoms with Gasteiger partial charge in [-0.3, -0.25) is 0 Å². The number of rotatable bonds is 4. The number of aryl methyl sites for hydroxylation is 1. The zero-order valence-electron chi connectivity index (χ0n) is 9.38. The van der Waals surface area contributed by atoms with Gasteiger partial charge in [0.05, 0.1) is 0 Å². The summed E-state index contributed by atoms with van der Waals surface area (Å²) in [6.45, 7) is 6.48. The van der Waals surface area contributed by atoms with Crippen LogP contribution in [0.15, 0.2) is 18.2 Å². The Balaban J connectivity index is 2.86. The molecular weight excluding hydrogens is 172 g/mol. The maximum absolute atomic E-state index is 9.93. The van der Waals surface area contributed by atoms with Crippen LogP contribution in [-0.2, 0) is 12.8 Å². The van der Waals surface area contributed by atoms with Crippen molar-refractivity contribution in [2.75, 3.05) is 0 Å². The van der Waals surface area contributed by atoms with Crippen LogP contribution in [-0.4, -0.2) is 5.11 Å². The van der Waals surface area contributed by atoms with E-state index in [0.29, 0.717) is 11.7 Å². The van der Waals surface area contributed by atoms with Gasteiger partial charge in [-0.2, -0.15) is 0 Å². The lowest BCUT2D eigenvalue weighted by Crippen LogP contribution is -1.99. The number of phenolic OH excluding ortho intramolecular Hbond substituents is 1. The van der Waals surface area contributed by atoms with Gasteiger partial charge in [-0.25, -0.2) is 0 Å². The molecule has 0 amide bonds. The van der Waals surface area contributed by atoms with Gasteiger partial charge in [0.15, 0.2) is 0 Å². The van der Waals surface area contributed by atoms with Gasteiger partial charge in [-0.1, -0.05) is 45.4 Å². The van der Waals surface area contributed by atoms with Crippen LogP contribution in [0.4, 0.5) is 0 Å². The highest BCUT2D eigenvalue weighted by molar-refractivity contribution is 5.40. The van der Waals surface area contributed by atoms with Crippen LogP contribution in [0.3, 0.4) is 0 Å². The Morgan fingerprint density at radius 3 is 2.43 bits per heavy atom. The second-order valence-electron chi connectivity index (χ2n) is 4.00. The molecule has 14 heavy (non-hydrogen) atoms. The van der Waals surface area contributed by atoms with Gasteiger partial charge in [-0.05, 0) is 29.9 Å². The van der Waals surface area contributed by atoms with E-state index in [1.54, 1.807) is 0 Å². The molecule has 1 rings (SSSR count). The molecule has 0 heterocycles. The van der Waals surface area contributed by atoms with E-state index in [1.165, 1.54) is 0 Å². The lowest BCUT2D eigenvalue weighted by molar-refractivity contribution is 0.451. The van der Waals surface area contributed by atoms with E-state index in [4.69, 9.17) is 0 Å². The summed E-state index contributed by atoms with van der Waals surface area (Å²) < 4.78 is 0. The van der Waals surface area contributed by atoms with E-state index in [0.717, 1.165) is 30.4 Å². The van der Waals surface area contributed by atoms with Gasteiger partial charge in [0.2, 0.25) is 0 Å². The smallest absolute Gasteiger partial charge is 0.121 e. The predicted octanol–water partition coefficient (Wildman–Crippen LogP) is 3.54. The van der Waals surface area contributed by atoms with E-state index in [9.17, 15) is 5.11 Å².